The van der Waals surface area contributed by atoms with E-state index < -0.39 is 5.60 Å². The van der Waals surface area contributed by atoms with Crippen molar-refractivity contribution in [2.24, 2.45) is 23.7 Å². The Morgan fingerprint density at radius 1 is 1.31 bits per heavy atom. The van der Waals surface area contributed by atoms with Crippen LogP contribution in [0.5, 0.6) is 0 Å². The molecule has 8 nitrogen and oxygen atoms in total. The van der Waals surface area contributed by atoms with Gasteiger partial charge in [-0.25, -0.2) is 4.89 Å². The standard InChI is InChI=1S/C15H28O4.C6H11N3O.H2/c1-10-4-6-14(11(2)8-16)15(19-17)9-18-12(3)5-7-13(10)15;1-2-3-9-4-6(5-10)7-8-9;/h10-14,16-17H,4-9H2,1-3H3;4,10H,2-3,5H2,1H3;1H/t10-,11+,12+,13?,14+,15-;;/m1../s1. The van der Waals surface area contributed by atoms with Crippen molar-refractivity contribution in [2.45, 2.75) is 84.7 Å². The Kier molecular flexibility index (Phi) is 9.49. The number of aliphatic hydroxyl groups is 2. The van der Waals surface area contributed by atoms with Gasteiger partial charge in [0.05, 0.1) is 25.5 Å². The Balaban J connectivity index is 0.000000348. The number of aliphatic hydroxyl groups excluding tert-OH is 2. The molecule has 2 aliphatic rings. The predicted molar refractivity (Wildman–Crippen MR) is 111 cm³/mol. The molecular weight excluding hydrogens is 374 g/mol. The average Bonchev–Trinajstić information content (AvgIpc) is 3.11. The molecule has 8 heteroatoms. The summed E-state index contributed by atoms with van der Waals surface area (Å²) in [5.74, 6) is 1.13. The van der Waals surface area contributed by atoms with Crippen molar-refractivity contribution in [3.05, 3.63) is 11.9 Å². The highest BCUT2D eigenvalue weighted by Crippen LogP contribution is 2.50. The normalized spacial score (nSPS) is 33.2. The molecule has 2 fully saturated rings. The fraction of sp³-hybridized carbons (Fsp3) is 0.905. The second kappa shape index (κ2) is 11.4. The number of hydrogen-bond donors (Lipinski definition) is 3. The molecule has 0 aromatic carbocycles. The highest BCUT2D eigenvalue weighted by Gasteiger charge is 2.54. The van der Waals surface area contributed by atoms with Crippen molar-refractivity contribution in [3.63, 3.8) is 0 Å². The van der Waals surface area contributed by atoms with Gasteiger partial charge in [-0.2, -0.15) is 0 Å². The maximum atomic E-state index is 9.66. The molecule has 0 radical (unpaired) electrons. The van der Waals surface area contributed by atoms with Crippen LogP contribution in [0.3, 0.4) is 0 Å². The lowest BCUT2D eigenvalue weighted by molar-refractivity contribution is -0.376. The van der Waals surface area contributed by atoms with Gasteiger partial charge in [-0.05, 0) is 62.7 Å². The molecule has 3 N–H and O–H groups in total. The summed E-state index contributed by atoms with van der Waals surface area (Å²) in [6.07, 6.45) is 7.17. The number of nitrogens with zero attached hydrogens (tertiary/aromatic N) is 3. The molecule has 3 rings (SSSR count). The van der Waals surface area contributed by atoms with Gasteiger partial charge in [-0.1, -0.05) is 26.0 Å². The van der Waals surface area contributed by atoms with E-state index >= 15 is 0 Å². The van der Waals surface area contributed by atoms with Crippen LogP contribution in [0.15, 0.2) is 6.20 Å². The van der Waals surface area contributed by atoms with Gasteiger partial charge in [-0.3, -0.25) is 9.94 Å². The lowest BCUT2D eigenvalue weighted by atomic mass is 9.60. The number of hydrogen-bond acceptors (Lipinski definition) is 7. The first kappa shape index (κ1) is 24.2. The van der Waals surface area contributed by atoms with Crippen LogP contribution in [0, 0.1) is 23.7 Å². The van der Waals surface area contributed by atoms with Gasteiger partial charge in [0.2, 0.25) is 0 Å². The Hall–Kier alpha value is -1.06. The molecule has 1 saturated heterocycles. The predicted octanol–water partition coefficient (Wildman–Crippen LogP) is 3.13. The van der Waals surface area contributed by atoms with Crippen LogP contribution >= 0.6 is 0 Å². The Morgan fingerprint density at radius 3 is 2.66 bits per heavy atom. The van der Waals surface area contributed by atoms with Gasteiger partial charge in [-0.15, -0.1) is 5.10 Å². The number of ether oxygens (including phenoxy) is 1. The summed E-state index contributed by atoms with van der Waals surface area (Å²) < 4.78 is 7.60. The molecule has 1 aliphatic carbocycles. The van der Waals surface area contributed by atoms with E-state index in [1.165, 1.54) is 0 Å². The topological polar surface area (TPSA) is 110 Å². The van der Waals surface area contributed by atoms with E-state index in [4.69, 9.17) is 14.7 Å². The highest BCUT2D eigenvalue weighted by atomic mass is 17.1. The van der Waals surface area contributed by atoms with E-state index in [-0.39, 0.29) is 32.6 Å². The number of rotatable bonds is 6. The molecule has 0 amide bonds. The number of aryl methyl sites for hydroxylation is 1. The van der Waals surface area contributed by atoms with E-state index in [9.17, 15) is 10.4 Å². The van der Waals surface area contributed by atoms with Crippen LogP contribution in [0.25, 0.3) is 0 Å². The quantitative estimate of drug-likeness (QED) is 0.483. The molecule has 0 spiro atoms. The molecule has 2 heterocycles. The summed E-state index contributed by atoms with van der Waals surface area (Å²) >= 11 is 0. The maximum Gasteiger partial charge on any atom is 0.133 e. The summed E-state index contributed by atoms with van der Waals surface area (Å²) in [6, 6.07) is 0. The molecular formula is C21H41N3O5. The van der Waals surface area contributed by atoms with Crippen molar-refractivity contribution in [3.8, 4) is 0 Å². The van der Waals surface area contributed by atoms with Gasteiger partial charge < -0.3 is 14.9 Å². The Morgan fingerprint density at radius 2 is 2.07 bits per heavy atom. The highest BCUT2D eigenvalue weighted by molar-refractivity contribution is 5.02. The van der Waals surface area contributed by atoms with Crippen LogP contribution in [0.1, 0.15) is 66.9 Å². The lowest BCUT2D eigenvalue weighted by Crippen LogP contribution is -2.57. The lowest BCUT2D eigenvalue weighted by Gasteiger charge is -2.50. The molecule has 0 bridgehead atoms. The smallest absolute Gasteiger partial charge is 0.133 e. The van der Waals surface area contributed by atoms with Crippen LogP contribution < -0.4 is 0 Å². The summed E-state index contributed by atoms with van der Waals surface area (Å²) in [7, 11) is 0. The molecule has 1 saturated carbocycles. The third-order valence-electron chi connectivity index (χ3n) is 6.70. The SMILES string of the molecule is CCCn1cc(CO)nn1.C[C@@H]1CC[C@@H]([C@@H](C)CO)[C@@]2(OO)CO[C@@H](C)CCC12.[HH]. The molecule has 1 aromatic heterocycles. The fourth-order valence-corrected chi connectivity index (χ4v) is 4.96. The van der Waals surface area contributed by atoms with Gasteiger partial charge in [0.15, 0.2) is 0 Å². The first-order valence-corrected chi connectivity index (χ1v) is 11.0. The average molecular weight is 416 g/mol. The minimum Gasteiger partial charge on any atom is -0.396 e. The van der Waals surface area contributed by atoms with Gasteiger partial charge in [0.1, 0.15) is 11.3 Å². The Bertz CT molecular complexity index is 597. The molecule has 1 unspecified atom stereocenters. The summed E-state index contributed by atoms with van der Waals surface area (Å²) in [5, 5.41) is 35.3. The van der Waals surface area contributed by atoms with E-state index in [1.54, 1.807) is 10.9 Å². The van der Waals surface area contributed by atoms with Crippen molar-refractivity contribution in [2.75, 3.05) is 13.2 Å². The molecule has 1 aromatic rings. The zero-order valence-electron chi connectivity index (χ0n) is 18.3. The summed E-state index contributed by atoms with van der Waals surface area (Å²) in [6.45, 7) is 9.84. The fourth-order valence-electron chi connectivity index (χ4n) is 4.96. The monoisotopic (exact) mass is 415 g/mol. The second-order valence-electron chi connectivity index (χ2n) is 8.80. The third-order valence-corrected chi connectivity index (χ3v) is 6.70. The Labute approximate surface area is 175 Å². The molecule has 6 atom stereocenters. The minimum absolute atomic E-state index is 0. The second-order valence-corrected chi connectivity index (χ2v) is 8.80. The van der Waals surface area contributed by atoms with E-state index in [1.807, 2.05) is 6.92 Å². The largest absolute Gasteiger partial charge is 0.396 e. The first-order chi connectivity index (χ1) is 13.9. The van der Waals surface area contributed by atoms with Crippen molar-refractivity contribution in [1.82, 2.24) is 15.0 Å². The molecule has 29 heavy (non-hydrogen) atoms. The van der Waals surface area contributed by atoms with E-state index in [0.717, 1.165) is 38.6 Å². The van der Waals surface area contributed by atoms with Crippen LogP contribution in [0.2, 0.25) is 0 Å². The molecule has 170 valence electrons. The van der Waals surface area contributed by atoms with Crippen molar-refractivity contribution < 1.29 is 26.5 Å². The van der Waals surface area contributed by atoms with E-state index in [0.29, 0.717) is 24.1 Å². The van der Waals surface area contributed by atoms with Crippen LogP contribution in [-0.4, -0.2) is 55.4 Å². The molecule has 1 aliphatic heterocycles. The van der Waals surface area contributed by atoms with Crippen LogP contribution in [-0.2, 0) is 22.8 Å². The third kappa shape index (κ3) is 5.76. The van der Waals surface area contributed by atoms with Crippen molar-refractivity contribution in [1.29, 1.82) is 0 Å². The van der Waals surface area contributed by atoms with E-state index in [2.05, 4.69) is 31.1 Å². The summed E-state index contributed by atoms with van der Waals surface area (Å²) in [4.78, 5) is 5.08. The maximum absolute atomic E-state index is 9.66. The van der Waals surface area contributed by atoms with Gasteiger partial charge in [0.25, 0.3) is 0 Å². The first-order valence-electron chi connectivity index (χ1n) is 11.0. The van der Waals surface area contributed by atoms with Gasteiger partial charge in [0, 0.05) is 14.6 Å². The van der Waals surface area contributed by atoms with Gasteiger partial charge >= 0.3 is 0 Å². The summed E-state index contributed by atoms with van der Waals surface area (Å²) in [5.41, 5.74) is -0.00153. The minimum atomic E-state index is -0.634. The number of fused-ring (bicyclic) bond motifs is 1. The zero-order chi connectivity index (χ0) is 21.4. The number of aromatic nitrogens is 3. The van der Waals surface area contributed by atoms with Crippen LogP contribution in [0.4, 0.5) is 0 Å². The zero-order valence-corrected chi connectivity index (χ0v) is 18.3. The van der Waals surface area contributed by atoms with Crippen molar-refractivity contribution >= 4 is 0 Å².